The van der Waals surface area contributed by atoms with Gasteiger partial charge in [-0.1, -0.05) is 0 Å². The second-order valence-corrected chi connectivity index (χ2v) is 6.02. The lowest BCUT2D eigenvalue weighted by Crippen LogP contribution is -2.64. The molecule has 1 aliphatic carbocycles. The van der Waals surface area contributed by atoms with E-state index in [9.17, 15) is 14.3 Å². The first-order valence-corrected chi connectivity index (χ1v) is 6.76. The van der Waals surface area contributed by atoms with Crippen LogP contribution < -0.4 is 0 Å². The monoisotopic (exact) mass is 313 g/mol. The standard InChI is InChI=1S/C13H13BrFNO2/c14-10-4-1-8(5-11(10)15)12(17)16-6-13(18,7-16)9-2-3-9/h1,4-5,9,18H,2-3,6-7H2. The van der Waals surface area contributed by atoms with E-state index in [0.717, 1.165) is 12.8 Å². The van der Waals surface area contributed by atoms with Gasteiger partial charge < -0.3 is 10.0 Å². The molecular formula is C13H13BrFNO2. The molecule has 18 heavy (non-hydrogen) atoms. The highest BCUT2D eigenvalue weighted by atomic mass is 79.9. The van der Waals surface area contributed by atoms with Crippen molar-refractivity contribution in [1.29, 1.82) is 0 Å². The van der Waals surface area contributed by atoms with E-state index in [1.165, 1.54) is 12.1 Å². The summed E-state index contributed by atoms with van der Waals surface area (Å²) in [4.78, 5) is 13.6. The summed E-state index contributed by atoms with van der Waals surface area (Å²) in [7, 11) is 0. The van der Waals surface area contributed by atoms with Crippen LogP contribution >= 0.6 is 15.9 Å². The van der Waals surface area contributed by atoms with Crippen LogP contribution in [0.1, 0.15) is 23.2 Å². The van der Waals surface area contributed by atoms with Crippen molar-refractivity contribution in [2.45, 2.75) is 18.4 Å². The van der Waals surface area contributed by atoms with Crippen molar-refractivity contribution in [2.75, 3.05) is 13.1 Å². The van der Waals surface area contributed by atoms with E-state index in [4.69, 9.17) is 0 Å². The molecule has 1 aliphatic heterocycles. The van der Waals surface area contributed by atoms with Crippen LogP contribution in [-0.2, 0) is 0 Å². The maximum Gasteiger partial charge on any atom is 0.254 e. The highest BCUT2D eigenvalue weighted by Crippen LogP contribution is 2.44. The number of likely N-dealkylation sites (tertiary alicyclic amines) is 1. The van der Waals surface area contributed by atoms with Gasteiger partial charge in [-0.2, -0.15) is 0 Å². The van der Waals surface area contributed by atoms with E-state index in [1.54, 1.807) is 11.0 Å². The minimum Gasteiger partial charge on any atom is -0.386 e. The molecule has 0 unspecified atom stereocenters. The van der Waals surface area contributed by atoms with E-state index in [2.05, 4.69) is 15.9 Å². The van der Waals surface area contributed by atoms with Gasteiger partial charge in [0.25, 0.3) is 5.91 Å². The van der Waals surface area contributed by atoms with Gasteiger partial charge in [-0.25, -0.2) is 4.39 Å². The lowest BCUT2D eigenvalue weighted by atomic mass is 9.88. The van der Waals surface area contributed by atoms with Gasteiger partial charge in [-0.15, -0.1) is 0 Å². The number of hydrogen-bond donors (Lipinski definition) is 1. The van der Waals surface area contributed by atoms with Gasteiger partial charge in [0.05, 0.1) is 17.6 Å². The van der Waals surface area contributed by atoms with E-state index in [-0.39, 0.29) is 5.91 Å². The lowest BCUT2D eigenvalue weighted by Gasteiger charge is -2.47. The van der Waals surface area contributed by atoms with E-state index in [0.29, 0.717) is 29.0 Å². The Bertz CT molecular complexity index is 510. The highest BCUT2D eigenvalue weighted by Gasteiger charge is 2.53. The zero-order valence-electron chi connectivity index (χ0n) is 9.70. The number of amides is 1. The molecule has 3 nitrogen and oxygen atoms in total. The Balaban J connectivity index is 1.70. The maximum absolute atomic E-state index is 13.3. The van der Waals surface area contributed by atoms with Crippen molar-refractivity contribution in [2.24, 2.45) is 5.92 Å². The Morgan fingerprint density at radius 2 is 2.11 bits per heavy atom. The molecule has 0 spiro atoms. The molecule has 1 N–H and O–H groups in total. The summed E-state index contributed by atoms with van der Waals surface area (Å²) < 4.78 is 13.7. The van der Waals surface area contributed by atoms with Crippen LogP contribution in [0.3, 0.4) is 0 Å². The topological polar surface area (TPSA) is 40.5 Å². The summed E-state index contributed by atoms with van der Waals surface area (Å²) in [5.74, 6) is -0.311. The molecule has 0 radical (unpaired) electrons. The van der Waals surface area contributed by atoms with Gasteiger partial charge in [-0.3, -0.25) is 4.79 Å². The van der Waals surface area contributed by atoms with Gasteiger partial charge in [-0.05, 0) is 52.9 Å². The Hall–Kier alpha value is -0.940. The predicted molar refractivity (Wildman–Crippen MR) is 67.7 cm³/mol. The first-order valence-electron chi connectivity index (χ1n) is 5.96. The number of aliphatic hydroxyl groups is 1. The van der Waals surface area contributed by atoms with Gasteiger partial charge >= 0.3 is 0 Å². The molecule has 2 aliphatic rings. The average Bonchev–Trinajstić information content (AvgIpc) is 3.12. The van der Waals surface area contributed by atoms with Crippen molar-refractivity contribution in [3.8, 4) is 0 Å². The quantitative estimate of drug-likeness (QED) is 0.909. The van der Waals surface area contributed by atoms with Crippen LogP contribution in [0, 0.1) is 11.7 Å². The number of carbonyl (C=O) groups excluding carboxylic acids is 1. The van der Waals surface area contributed by atoms with Gasteiger partial charge in [0, 0.05) is 5.56 Å². The number of β-amino-alcohol motifs (C(OH)–C–C–N with tert-alkyl or cyclic N) is 1. The summed E-state index contributed by atoms with van der Waals surface area (Å²) in [6.07, 6.45) is 2.09. The molecule has 1 saturated heterocycles. The molecule has 2 fully saturated rings. The summed E-state index contributed by atoms with van der Waals surface area (Å²) in [6, 6.07) is 4.33. The lowest BCUT2D eigenvalue weighted by molar-refractivity contribution is -0.0958. The molecule has 96 valence electrons. The van der Waals surface area contributed by atoms with Crippen LogP contribution in [0.2, 0.25) is 0 Å². The molecule has 5 heteroatoms. The van der Waals surface area contributed by atoms with Crippen LogP contribution in [0.4, 0.5) is 4.39 Å². The fraction of sp³-hybridized carbons (Fsp3) is 0.462. The Morgan fingerprint density at radius 1 is 1.44 bits per heavy atom. The third-order valence-electron chi connectivity index (χ3n) is 3.72. The zero-order chi connectivity index (χ0) is 12.9. The molecule has 1 heterocycles. The number of halogens is 2. The molecule has 1 amide bonds. The third-order valence-corrected chi connectivity index (χ3v) is 4.36. The molecule has 0 bridgehead atoms. The summed E-state index contributed by atoms with van der Waals surface area (Å²) in [6.45, 7) is 0.738. The van der Waals surface area contributed by atoms with Crippen molar-refractivity contribution in [3.63, 3.8) is 0 Å². The van der Waals surface area contributed by atoms with Gasteiger partial charge in [0.2, 0.25) is 0 Å². The van der Waals surface area contributed by atoms with Crippen LogP contribution in [0.25, 0.3) is 0 Å². The minimum absolute atomic E-state index is 0.216. The molecule has 3 rings (SSSR count). The number of carbonyl (C=O) groups is 1. The second-order valence-electron chi connectivity index (χ2n) is 5.17. The third kappa shape index (κ3) is 1.95. The minimum atomic E-state index is -0.691. The second kappa shape index (κ2) is 4.03. The van der Waals surface area contributed by atoms with Crippen molar-refractivity contribution < 1.29 is 14.3 Å². The first-order chi connectivity index (χ1) is 8.49. The van der Waals surface area contributed by atoms with E-state index < -0.39 is 11.4 Å². The molecular weight excluding hydrogens is 301 g/mol. The smallest absolute Gasteiger partial charge is 0.254 e. The SMILES string of the molecule is O=C(c1ccc(Br)c(F)c1)N1CC(O)(C2CC2)C1. The van der Waals surface area contributed by atoms with Crippen molar-refractivity contribution in [3.05, 3.63) is 34.1 Å². The van der Waals surface area contributed by atoms with Crippen molar-refractivity contribution in [1.82, 2.24) is 4.90 Å². The Morgan fingerprint density at radius 3 is 2.67 bits per heavy atom. The largest absolute Gasteiger partial charge is 0.386 e. The van der Waals surface area contributed by atoms with E-state index >= 15 is 0 Å². The molecule has 1 saturated carbocycles. The van der Waals surface area contributed by atoms with Crippen molar-refractivity contribution >= 4 is 21.8 Å². The number of hydrogen-bond acceptors (Lipinski definition) is 2. The summed E-state index contributed by atoms with van der Waals surface area (Å²) in [5.41, 5.74) is -0.364. The van der Waals surface area contributed by atoms with Crippen LogP contribution in [0.15, 0.2) is 22.7 Å². The number of benzene rings is 1. The first kappa shape index (κ1) is 12.1. The molecule has 0 aromatic heterocycles. The fourth-order valence-corrected chi connectivity index (χ4v) is 2.70. The predicted octanol–water partition coefficient (Wildman–Crippen LogP) is 2.19. The maximum atomic E-state index is 13.3. The average molecular weight is 314 g/mol. The molecule has 1 aromatic rings. The Kier molecular flexibility index (Phi) is 2.71. The van der Waals surface area contributed by atoms with Gasteiger partial charge in [0.1, 0.15) is 11.4 Å². The summed E-state index contributed by atoms with van der Waals surface area (Å²) >= 11 is 3.05. The normalized spacial score (nSPS) is 21.6. The van der Waals surface area contributed by atoms with E-state index in [1.807, 2.05) is 0 Å². The molecule has 1 aromatic carbocycles. The van der Waals surface area contributed by atoms with Crippen LogP contribution in [0.5, 0.6) is 0 Å². The van der Waals surface area contributed by atoms with Crippen LogP contribution in [-0.4, -0.2) is 34.6 Å². The number of rotatable bonds is 2. The number of nitrogens with zero attached hydrogens (tertiary/aromatic N) is 1. The molecule has 0 atom stereocenters. The fourth-order valence-electron chi connectivity index (χ4n) is 2.45. The summed E-state index contributed by atoms with van der Waals surface area (Å²) in [5, 5.41) is 10.1. The highest BCUT2D eigenvalue weighted by molar-refractivity contribution is 9.10. The zero-order valence-corrected chi connectivity index (χ0v) is 11.3. The Labute approximate surface area is 113 Å². The van der Waals surface area contributed by atoms with Gasteiger partial charge in [0.15, 0.2) is 0 Å².